The summed E-state index contributed by atoms with van der Waals surface area (Å²) in [6.07, 6.45) is -4.87. The minimum absolute atomic E-state index is 0.941. The van der Waals surface area contributed by atoms with E-state index in [0.717, 1.165) is 5.43 Å². The van der Waals surface area contributed by atoms with Gasteiger partial charge in [0.25, 0.3) is 0 Å². The van der Waals surface area contributed by atoms with Gasteiger partial charge in [-0.1, -0.05) is 0 Å². The van der Waals surface area contributed by atoms with Gasteiger partial charge in [-0.05, 0) is 0 Å². The van der Waals surface area contributed by atoms with Crippen molar-refractivity contribution in [2.24, 2.45) is 17.5 Å². The summed E-state index contributed by atoms with van der Waals surface area (Å²) >= 11 is 0. The number of hydrazine groups is 2. The average molecular weight is 160 g/mol. The summed E-state index contributed by atoms with van der Waals surface area (Å²) in [4.78, 5) is 9.47. The summed E-state index contributed by atoms with van der Waals surface area (Å²) in [6, 6.07) is 0. The van der Waals surface area contributed by atoms with Crippen LogP contribution in [0.5, 0.6) is 0 Å². The van der Waals surface area contributed by atoms with Crippen molar-refractivity contribution in [3.63, 3.8) is 0 Å². The standard InChI is InChI=1S/C2H3F3N2O.H4N2/c3-2(4,5)1(8)7-6;1-2/h6H2,(H,7,8);1-2H2. The molecule has 0 aromatic rings. The molecular formula is C2H7F3N4O. The van der Waals surface area contributed by atoms with Crippen molar-refractivity contribution in [3.05, 3.63) is 0 Å². The van der Waals surface area contributed by atoms with E-state index in [1.165, 1.54) is 0 Å². The van der Waals surface area contributed by atoms with E-state index in [1.807, 2.05) is 0 Å². The van der Waals surface area contributed by atoms with Crippen LogP contribution in [0.15, 0.2) is 0 Å². The number of hydrogen-bond acceptors (Lipinski definition) is 4. The highest BCUT2D eigenvalue weighted by Gasteiger charge is 2.37. The van der Waals surface area contributed by atoms with Crippen LogP contribution in [0.3, 0.4) is 0 Å². The highest BCUT2D eigenvalue weighted by molar-refractivity contribution is 5.80. The second kappa shape index (κ2) is 4.97. The number of carbonyl (C=O) groups excluding carboxylic acids is 1. The Bertz CT molecular complexity index is 101. The maximum atomic E-state index is 11.0. The minimum Gasteiger partial charge on any atom is -0.286 e. The molecule has 0 aliphatic carbocycles. The van der Waals surface area contributed by atoms with Gasteiger partial charge in [0, 0.05) is 0 Å². The van der Waals surface area contributed by atoms with E-state index < -0.39 is 12.1 Å². The van der Waals surface area contributed by atoms with Gasteiger partial charge in [-0.15, -0.1) is 0 Å². The Labute approximate surface area is 54.3 Å². The molecule has 7 N–H and O–H groups in total. The van der Waals surface area contributed by atoms with Crippen LogP contribution in [0.1, 0.15) is 0 Å². The van der Waals surface area contributed by atoms with Crippen molar-refractivity contribution in [1.82, 2.24) is 5.43 Å². The first kappa shape index (κ1) is 11.9. The maximum absolute atomic E-state index is 11.0. The summed E-state index contributed by atoms with van der Waals surface area (Å²) in [5.74, 6) is 10.00. The van der Waals surface area contributed by atoms with E-state index in [1.54, 1.807) is 0 Å². The summed E-state index contributed by atoms with van der Waals surface area (Å²) in [5.41, 5.74) is 0.941. The van der Waals surface area contributed by atoms with Gasteiger partial charge >= 0.3 is 12.1 Å². The van der Waals surface area contributed by atoms with Crippen molar-refractivity contribution >= 4 is 5.91 Å². The third-order valence-corrected chi connectivity index (χ3v) is 0.389. The van der Waals surface area contributed by atoms with Crippen molar-refractivity contribution < 1.29 is 18.0 Å². The molecule has 0 aliphatic heterocycles. The summed E-state index contributed by atoms with van der Waals surface area (Å²) in [7, 11) is 0. The maximum Gasteiger partial charge on any atom is 0.472 e. The first-order valence-corrected chi connectivity index (χ1v) is 1.89. The van der Waals surface area contributed by atoms with Gasteiger partial charge in [0.2, 0.25) is 0 Å². The van der Waals surface area contributed by atoms with Crippen LogP contribution in [0.2, 0.25) is 0 Å². The molecule has 0 bridgehead atoms. The number of amides is 1. The Morgan fingerprint density at radius 3 is 1.60 bits per heavy atom. The largest absolute Gasteiger partial charge is 0.472 e. The molecule has 1 amide bonds. The summed E-state index contributed by atoms with van der Waals surface area (Å²) in [5, 5.41) is 0. The van der Waals surface area contributed by atoms with E-state index in [2.05, 4.69) is 17.5 Å². The lowest BCUT2D eigenvalue weighted by molar-refractivity contribution is -0.173. The molecule has 0 saturated heterocycles. The van der Waals surface area contributed by atoms with Crippen LogP contribution in [0.25, 0.3) is 0 Å². The number of carbonyl (C=O) groups is 1. The Morgan fingerprint density at radius 1 is 1.30 bits per heavy atom. The molecule has 0 atom stereocenters. The van der Waals surface area contributed by atoms with Crippen molar-refractivity contribution in [2.45, 2.75) is 6.18 Å². The Hall–Kier alpha value is -0.860. The molecule has 0 saturated carbocycles. The third-order valence-electron chi connectivity index (χ3n) is 0.389. The molecule has 0 aromatic carbocycles. The SMILES string of the molecule is NN.NNC(=O)C(F)(F)F. The van der Waals surface area contributed by atoms with Crippen LogP contribution in [0, 0.1) is 0 Å². The molecular weight excluding hydrogens is 153 g/mol. The van der Waals surface area contributed by atoms with Crippen LogP contribution in [-0.4, -0.2) is 12.1 Å². The fourth-order valence-electron chi connectivity index (χ4n) is 0.0818. The fourth-order valence-corrected chi connectivity index (χ4v) is 0.0818. The van der Waals surface area contributed by atoms with Gasteiger partial charge in [0.05, 0.1) is 0 Å². The minimum atomic E-state index is -4.87. The predicted molar refractivity (Wildman–Crippen MR) is 26.8 cm³/mol. The topological polar surface area (TPSA) is 107 Å². The average Bonchev–Trinajstić information content (AvgIpc) is 1.89. The number of rotatable bonds is 0. The lowest BCUT2D eigenvalue weighted by Crippen LogP contribution is -2.40. The van der Waals surface area contributed by atoms with Gasteiger partial charge in [0.1, 0.15) is 0 Å². The fraction of sp³-hybridized carbons (Fsp3) is 0.500. The molecule has 0 fully saturated rings. The van der Waals surface area contributed by atoms with Crippen LogP contribution < -0.4 is 23.0 Å². The molecule has 0 unspecified atom stereocenters. The van der Waals surface area contributed by atoms with E-state index in [4.69, 9.17) is 0 Å². The van der Waals surface area contributed by atoms with E-state index >= 15 is 0 Å². The molecule has 0 aromatic heterocycles. The first-order chi connectivity index (χ1) is 4.48. The smallest absolute Gasteiger partial charge is 0.286 e. The second-order valence-electron chi connectivity index (χ2n) is 0.971. The Balaban J connectivity index is 0. The van der Waals surface area contributed by atoms with Crippen LogP contribution in [0.4, 0.5) is 13.2 Å². The lowest BCUT2D eigenvalue weighted by Gasteiger charge is -2.00. The number of nitrogens with two attached hydrogens (primary N) is 3. The first-order valence-electron chi connectivity index (χ1n) is 1.89. The zero-order valence-corrected chi connectivity index (χ0v) is 4.77. The van der Waals surface area contributed by atoms with E-state index in [9.17, 15) is 18.0 Å². The van der Waals surface area contributed by atoms with Crippen LogP contribution in [-0.2, 0) is 4.79 Å². The Morgan fingerprint density at radius 2 is 1.60 bits per heavy atom. The van der Waals surface area contributed by atoms with Crippen molar-refractivity contribution in [1.29, 1.82) is 0 Å². The van der Waals surface area contributed by atoms with E-state index in [-0.39, 0.29) is 0 Å². The zero-order valence-electron chi connectivity index (χ0n) is 4.77. The van der Waals surface area contributed by atoms with Crippen LogP contribution >= 0.6 is 0 Å². The predicted octanol–water partition coefficient (Wildman–Crippen LogP) is -1.64. The van der Waals surface area contributed by atoms with Gasteiger partial charge in [-0.25, -0.2) is 5.84 Å². The highest BCUT2D eigenvalue weighted by Crippen LogP contribution is 2.12. The van der Waals surface area contributed by atoms with E-state index in [0.29, 0.717) is 0 Å². The monoisotopic (exact) mass is 160 g/mol. The number of hydrogen-bond donors (Lipinski definition) is 4. The number of nitrogens with one attached hydrogen (secondary N) is 1. The van der Waals surface area contributed by atoms with Gasteiger partial charge in [-0.2, -0.15) is 13.2 Å². The highest BCUT2D eigenvalue weighted by atomic mass is 19.4. The molecule has 0 radical (unpaired) electrons. The quantitative estimate of drug-likeness (QED) is 0.193. The number of halogens is 3. The van der Waals surface area contributed by atoms with Gasteiger partial charge < -0.3 is 0 Å². The summed E-state index contributed by atoms with van der Waals surface area (Å²) < 4.78 is 32.9. The molecule has 10 heavy (non-hydrogen) atoms. The van der Waals surface area contributed by atoms with Gasteiger partial charge in [0.15, 0.2) is 0 Å². The summed E-state index contributed by atoms with van der Waals surface area (Å²) in [6.45, 7) is 0. The van der Waals surface area contributed by atoms with Gasteiger partial charge in [-0.3, -0.25) is 21.9 Å². The molecule has 62 valence electrons. The van der Waals surface area contributed by atoms with Crippen molar-refractivity contribution in [3.8, 4) is 0 Å². The Kier molecular flexibility index (Phi) is 5.90. The third kappa shape index (κ3) is 5.28. The molecule has 0 heterocycles. The molecule has 0 rings (SSSR count). The second-order valence-corrected chi connectivity index (χ2v) is 0.971. The lowest BCUT2D eigenvalue weighted by atomic mass is 10.6. The molecule has 0 spiro atoms. The normalized spacial score (nSPS) is 9.40. The van der Waals surface area contributed by atoms with Crippen molar-refractivity contribution in [2.75, 3.05) is 0 Å². The molecule has 8 heteroatoms. The number of alkyl halides is 3. The molecule has 5 nitrogen and oxygen atoms in total. The zero-order chi connectivity index (χ0) is 8.78. The molecule has 0 aliphatic rings.